The molecule has 0 bridgehead atoms. The lowest BCUT2D eigenvalue weighted by molar-refractivity contribution is -0.391. The molecule has 0 spiro atoms. The first kappa shape index (κ1) is 51.4. The number of allylic oxidation sites excluding steroid dienone is 2. The van der Waals surface area contributed by atoms with Crippen LogP contribution in [-0.2, 0) is 38.0 Å². The third-order valence-corrected chi connectivity index (χ3v) is 19.3. The number of aliphatic hydroxyl groups is 9. The molecule has 3 aliphatic heterocycles. The van der Waals surface area contributed by atoms with Crippen molar-refractivity contribution in [3.8, 4) is 0 Å². The highest BCUT2D eigenvalue weighted by Gasteiger charge is 2.70. The summed E-state index contributed by atoms with van der Waals surface area (Å²) < 4.78 is 36.0. The molecule has 8 rings (SSSR count). The molecule has 0 aromatic carbocycles. The van der Waals surface area contributed by atoms with E-state index in [9.17, 15) is 65.8 Å². The molecule has 0 aromatic rings. The Morgan fingerprint density at radius 1 is 0.627 bits per heavy atom. The van der Waals surface area contributed by atoms with E-state index in [2.05, 4.69) is 54.5 Å². The van der Waals surface area contributed by atoms with Crippen molar-refractivity contribution in [1.82, 2.24) is 0 Å². The Kier molecular flexibility index (Phi) is 13.8. The van der Waals surface area contributed by atoms with Crippen molar-refractivity contribution < 1.29 is 94.2 Å². The third-order valence-electron chi connectivity index (χ3n) is 19.3. The minimum absolute atomic E-state index is 0.0304. The van der Waals surface area contributed by atoms with Gasteiger partial charge in [-0.2, -0.15) is 0 Å². The fourth-order valence-corrected chi connectivity index (χ4v) is 15.1. The summed E-state index contributed by atoms with van der Waals surface area (Å²) in [6.45, 7) is 14.3. The molecule has 11 N–H and O–H groups in total. The number of ether oxygens (including phenoxy) is 6. The van der Waals surface area contributed by atoms with Gasteiger partial charge in [0.25, 0.3) is 0 Å². The molecule has 8 aliphatic rings. The van der Waals surface area contributed by atoms with Crippen molar-refractivity contribution >= 4 is 11.9 Å². The Morgan fingerprint density at radius 3 is 1.75 bits per heavy atom. The number of hydrogen-bond acceptors (Lipinski definition) is 17. The van der Waals surface area contributed by atoms with Crippen LogP contribution in [0.4, 0.5) is 0 Å². The van der Waals surface area contributed by atoms with Gasteiger partial charge in [0.1, 0.15) is 67.1 Å². The lowest BCUT2D eigenvalue weighted by atomic mass is 9.33. The van der Waals surface area contributed by atoms with E-state index >= 15 is 0 Å². The van der Waals surface area contributed by atoms with Gasteiger partial charge in [-0.05, 0) is 109 Å². The van der Waals surface area contributed by atoms with Crippen LogP contribution in [0, 0.1) is 50.2 Å². The van der Waals surface area contributed by atoms with Crippen LogP contribution in [0.5, 0.6) is 0 Å². The van der Waals surface area contributed by atoms with Gasteiger partial charge in [0.05, 0.1) is 24.7 Å². The Balaban J connectivity index is 1.08. The molecule has 0 amide bonds. The maximum absolute atomic E-state index is 13.2. The molecule has 3 saturated heterocycles. The number of aliphatic carboxylic acids is 2. The van der Waals surface area contributed by atoms with E-state index in [1.165, 1.54) is 5.57 Å². The van der Waals surface area contributed by atoms with Crippen LogP contribution >= 0.6 is 0 Å². The fourth-order valence-electron chi connectivity index (χ4n) is 15.1. The van der Waals surface area contributed by atoms with E-state index < -0.39 is 134 Å². The van der Waals surface area contributed by atoms with Gasteiger partial charge in [0, 0.05) is 0 Å². The molecule has 4 saturated carbocycles. The Labute approximate surface area is 391 Å². The van der Waals surface area contributed by atoms with Crippen LogP contribution in [0.3, 0.4) is 0 Å². The van der Waals surface area contributed by atoms with Gasteiger partial charge in [0.15, 0.2) is 25.0 Å². The number of fused-ring (bicyclic) bond motifs is 7. The van der Waals surface area contributed by atoms with Gasteiger partial charge >= 0.3 is 11.9 Å². The smallest absolute Gasteiger partial charge is 0.335 e. The molecule has 0 aromatic heterocycles. The highest BCUT2D eigenvalue weighted by molar-refractivity contribution is 5.76. The van der Waals surface area contributed by atoms with Crippen LogP contribution < -0.4 is 0 Å². The first-order chi connectivity index (χ1) is 31.2. The van der Waals surface area contributed by atoms with Gasteiger partial charge in [-0.15, -0.1) is 0 Å². The van der Waals surface area contributed by atoms with Crippen LogP contribution in [0.25, 0.3) is 0 Å². The highest BCUT2D eigenvalue weighted by atomic mass is 16.8. The monoisotopic (exact) mass is 956 g/mol. The van der Waals surface area contributed by atoms with E-state index in [0.29, 0.717) is 25.7 Å². The maximum atomic E-state index is 13.2. The summed E-state index contributed by atoms with van der Waals surface area (Å²) >= 11 is 0. The van der Waals surface area contributed by atoms with Crippen molar-refractivity contribution in [3.05, 3.63) is 11.6 Å². The van der Waals surface area contributed by atoms with Crippen LogP contribution in [0.2, 0.25) is 0 Å². The minimum Gasteiger partial charge on any atom is -0.481 e. The Morgan fingerprint density at radius 2 is 1.19 bits per heavy atom. The van der Waals surface area contributed by atoms with Crippen molar-refractivity contribution in [2.75, 3.05) is 13.2 Å². The average Bonchev–Trinajstić information content (AvgIpc) is 3.26. The first-order valence-electron chi connectivity index (χ1n) is 24.3. The van der Waals surface area contributed by atoms with E-state index in [-0.39, 0.29) is 39.4 Å². The number of carbonyl (C=O) groups is 2. The van der Waals surface area contributed by atoms with E-state index in [1.807, 2.05) is 0 Å². The minimum atomic E-state index is -2.05. The molecule has 0 radical (unpaired) electrons. The van der Waals surface area contributed by atoms with Gasteiger partial charge in [0.2, 0.25) is 0 Å². The molecule has 23 atom stereocenters. The molecule has 19 nitrogen and oxygen atoms in total. The summed E-state index contributed by atoms with van der Waals surface area (Å²) in [4.78, 5) is 26.2. The fraction of sp³-hybridized carbons (Fsp3) is 0.917. The second kappa shape index (κ2) is 18.0. The molecule has 3 heterocycles. The van der Waals surface area contributed by atoms with Crippen molar-refractivity contribution in [1.29, 1.82) is 0 Å². The summed E-state index contributed by atoms with van der Waals surface area (Å²) in [7, 11) is 0. The molecule has 67 heavy (non-hydrogen) atoms. The lowest BCUT2D eigenvalue weighted by Gasteiger charge is -2.71. The molecule has 0 unspecified atom stereocenters. The molecule has 7 fully saturated rings. The highest BCUT2D eigenvalue weighted by Crippen LogP contribution is 2.76. The van der Waals surface area contributed by atoms with Gasteiger partial charge in [-0.1, -0.05) is 60.1 Å². The van der Waals surface area contributed by atoms with E-state index in [1.54, 1.807) is 0 Å². The van der Waals surface area contributed by atoms with Crippen molar-refractivity contribution in [2.24, 2.45) is 50.2 Å². The van der Waals surface area contributed by atoms with Crippen LogP contribution in [0.15, 0.2) is 11.6 Å². The zero-order valence-corrected chi connectivity index (χ0v) is 39.7. The predicted molar refractivity (Wildman–Crippen MR) is 231 cm³/mol. The number of aliphatic hydroxyl groups excluding tert-OH is 9. The molecular formula is C48H76O19. The summed E-state index contributed by atoms with van der Waals surface area (Å²) in [6, 6.07) is 0. The maximum Gasteiger partial charge on any atom is 0.335 e. The number of rotatable bonds is 10. The van der Waals surface area contributed by atoms with E-state index in [0.717, 1.165) is 38.5 Å². The van der Waals surface area contributed by atoms with E-state index in [4.69, 9.17) is 28.4 Å². The standard InChI is InChI=1S/C48H76O19/c1-43(2)14-16-48(42(60)61)17-15-46(6)21(22(48)18-43)8-9-26-45(5)12-11-27(44(3,4)25(45)10-13-47(26,46)7)64-41-36(66-40-33(56)31(54)29(52)24(20-50)63-40)34(57)35(37(67-41)38(58)59)65-39-32(55)30(53)28(51)23(19-49)62-39/h8,22-37,39-41,49-57H,9-20H2,1-7H3,(H,58,59)(H,60,61)/t22-,23+,24+,25-,26+,27-,28+,29+,30-,31-,32+,33+,34-,35-,36+,37-,39-,40-,41+,45-,46+,47+,48-/m0/s1. The number of carboxylic acids is 2. The molecule has 382 valence electrons. The zero-order chi connectivity index (χ0) is 49.1. The SMILES string of the molecule is CC1(C)CC[C@]2(C(=O)O)CC[C@]3(C)C(=CC[C@@H]4[C@@]5(C)CC[C@H](O[C@@H]6O[C@H](C(=O)O)[C@@H](O[C@@H]7O[C@H](CO)[C@@H](O)[C@H](O)[C@H]7O)[C@H](O)[C@H]6O[C@@H]6O[C@H](CO)[C@@H](O)[C@H](O)[C@H]6O)C(C)(C)[C@@H]5CC[C@]43C)[C@@H]2C1. The number of carboxylic acid groups (broad SMARTS) is 2. The quantitative estimate of drug-likeness (QED) is 0.107. The summed E-state index contributed by atoms with van der Waals surface area (Å²) in [5, 5.41) is 117. The zero-order valence-electron chi connectivity index (χ0n) is 39.7. The van der Waals surface area contributed by atoms with Crippen molar-refractivity contribution in [3.63, 3.8) is 0 Å². The second-order valence-electron chi connectivity index (χ2n) is 23.5. The van der Waals surface area contributed by atoms with Gasteiger partial charge in [-0.25, -0.2) is 4.79 Å². The summed E-state index contributed by atoms with van der Waals surface area (Å²) in [6.07, 6.45) is -18.1. The summed E-state index contributed by atoms with van der Waals surface area (Å²) in [5.41, 5.74) is -0.557. The van der Waals surface area contributed by atoms with Crippen LogP contribution in [-0.4, -0.2) is 180 Å². The number of hydrogen-bond donors (Lipinski definition) is 11. The lowest BCUT2D eigenvalue weighted by Crippen LogP contribution is -2.68. The third kappa shape index (κ3) is 8.06. The normalized spacial score (nSPS) is 52.7. The van der Waals surface area contributed by atoms with Gasteiger partial charge < -0.3 is 84.6 Å². The van der Waals surface area contributed by atoms with Crippen molar-refractivity contribution in [2.45, 2.75) is 211 Å². The molecule has 5 aliphatic carbocycles. The average molecular weight is 957 g/mol. The molecule has 19 heteroatoms. The Bertz CT molecular complexity index is 1870. The Hall–Kier alpha value is -1.92. The molecular weight excluding hydrogens is 881 g/mol. The first-order valence-corrected chi connectivity index (χ1v) is 24.3. The topological polar surface area (TPSA) is 312 Å². The second-order valence-corrected chi connectivity index (χ2v) is 23.5. The predicted octanol–water partition coefficient (Wildman–Crippen LogP) is 0.799. The largest absolute Gasteiger partial charge is 0.481 e. The summed E-state index contributed by atoms with van der Waals surface area (Å²) in [5.74, 6) is -2.03. The van der Waals surface area contributed by atoms with Crippen LogP contribution in [0.1, 0.15) is 113 Å². The van der Waals surface area contributed by atoms with Gasteiger partial charge in [-0.3, -0.25) is 4.79 Å².